The summed E-state index contributed by atoms with van der Waals surface area (Å²) in [5.74, 6) is -6.32. The van der Waals surface area contributed by atoms with Gasteiger partial charge in [0, 0.05) is 42.9 Å². The highest BCUT2D eigenvalue weighted by molar-refractivity contribution is 6.07. The molecule has 5 N–H and O–H groups in total. The molecule has 3 aliphatic rings. The number of ether oxygens (including phenoxy) is 1. The number of Topliss-reactive ketones (excluding diaryl/α,β-unsaturated/α-hetero) is 2. The van der Waals surface area contributed by atoms with Gasteiger partial charge in [-0.05, 0) is 82.6 Å². The van der Waals surface area contributed by atoms with Gasteiger partial charge in [-0.25, -0.2) is 9.59 Å². The molecule has 0 aromatic heterocycles. The smallest absolute Gasteiger partial charge is 0.336 e. The standard InChI is InChI=1S/C45H64N4O10/c1-4-16-35(47-41(54)31(21-11-14-24-38(52)59-3)27-36(50)32-22-12-13-23-33(32)43(56)57)42(55)49-26-15-25-45(49,2)44(58)48-39(30-19-9-6-10-20-30)37(51)28-34(40(46)53)29-17-7-5-8-18-29/h12-14,22-24,29-31,34-35,39H,4-11,15-21,25-28H2,1-3H3,(H2,46,53)(H,47,54)(H,48,58)(H,56,57)/b24-14+/t31-,34+,35+,39+,45+/m1/s1. The molecule has 4 amide bonds. The van der Waals surface area contributed by atoms with E-state index in [4.69, 9.17) is 5.73 Å². The number of benzene rings is 1. The molecule has 14 heteroatoms. The lowest BCUT2D eigenvalue weighted by Crippen LogP contribution is -2.62. The van der Waals surface area contributed by atoms with Crippen molar-refractivity contribution in [2.24, 2.45) is 29.4 Å². The number of primary amides is 1. The summed E-state index contributed by atoms with van der Waals surface area (Å²) in [7, 11) is 1.23. The molecule has 1 aromatic rings. The van der Waals surface area contributed by atoms with E-state index in [0.717, 1.165) is 64.2 Å². The van der Waals surface area contributed by atoms with Crippen molar-refractivity contribution in [1.29, 1.82) is 0 Å². The van der Waals surface area contributed by atoms with Gasteiger partial charge in [0.2, 0.25) is 23.6 Å². The highest BCUT2D eigenvalue weighted by Gasteiger charge is 2.49. The Bertz CT molecular complexity index is 1720. The Labute approximate surface area is 347 Å². The van der Waals surface area contributed by atoms with Crippen molar-refractivity contribution in [1.82, 2.24) is 15.5 Å². The van der Waals surface area contributed by atoms with Gasteiger partial charge in [0.15, 0.2) is 11.6 Å². The summed E-state index contributed by atoms with van der Waals surface area (Å²) in [5.41, 5.74) is 4.30. The Morgan fingerprint density at radius 1 is 0.881 bits per heavy atom. The van der Waals surface area contributed by atoms with Crippen LogP contribution in [0, 0.1) is 23.7 Å². The first-order valence-corrected chi connectivity index (χ1v) is 21.6. The second kappa shape index (κ2) is 22.5. The van der Waals surface area contributed by atoms with E-state index in [1.165, 1.54) is 48.4 Å². The number of nitrogens with zero attached hydrogens (tertiary/aromatic N) is 1. The fourth-order valence-corrected chi connectivity index (χ4v) is 9.30. The summed E-state index contributed by atoms with van der Waals surface area (Å²) >= 11 is 0. The van der Waals surface area contributed by atoms with Crippen molar-refractivity contribution >= 4 is 47.1 Å². The molecule has 324 valence electrons. The molecule has 0 unspecified atom stereocenters. The first-order valence-electron chi connectivity index (χ1n) is 21.6. The molecule has 0 bridgehead atoms. The Morgan fingerprint density at radius 3 is 2.10 bits per heavy atom. The number of esters is 1. The zero-order valence-corrected chi connectivity index (χ0v) is 35.0. The second-order valence-corrected chi connectivity index (χ2v) is 16.8. The minimum atomic E-state index is -1.33. The predicted molar refractivity (Wildman–Crippen MR) is 220 cm³/mol. The molecule has 0 spiro atoms. The number of carbonyl (C=O) groups is 8. The molecule has 1 saturated heterocycles. The minimum absolute atomic E-state index is 0.0323. The Morgan fingerprint density at radius 2 is 1.51 bits per heavy atom. The van der Waals surface area contributed by atoms with Crippen LogP contribution in [0.2, 0.25) is 0 Å². The molecule has 4 rings (SSSR count). The number of allylic oxidation sites excluding steroid dienone is 1. The fraction of sp³-hybridized carbons (Fsp3) is 0.644. The molecule has 2 saturated carbocycles. The maximum absolute atomic E-state index is 14.5. The number of rotatable bonds is 21. The third kappa shape index (κ3) is 12.6. The third-order valence-electron chi connectivity index (χ3n) is 12.7. The van der Waals surface area contributed by atoms with E-state index in [0.29, 0.717) is 19.3 Å². The van der Waals surface area contributed by atoms with Crippen LogP contribution < -0.4 is 16.4 Å². The molecular weight excluding hydrogens is 757 g/mol. The van der Waals surface area contributed by atoms with Crippen LogP contribution in [0.15, 0.2) is 36.4 Å². The molecular formula is C45H64N4O10. The summed E-state index contributed by atoms with van der Waals surface area (Å²) in [4.78, 5) is 108. The fourth-order valence-electron chi connectivity index (χ4n) is 9.30. The normalized spacial score (nSPS) is 20.9. The maximum Gasteiger partial charge on any atom is 0.336 e. The summed E-state index contributed by atoms with van der Waals surface area (Å²) in [5, 5.41) is 15.6. The lowest BCUT2D eigenvalue weighted by molar-refractivity contribution is -0.148. The van der Waals surface area contributed by atoms with Crippen molar-refractivity contribution in [3.63, 3.8) is 0 Å². The van der Waals surface area contributed by atoms with Crippen LogP contribution in [0.4, 0.5) is 0 Å². The van der Waals surface area contributed by atoms with Gasteiger partial charge in [-0.15, -0.1) is 0 Å². The monoisotopic (exact) mass is 820 g/mol. The van der Waals surface area contributed by atoms with Crippen LogP contribution >= 0.6 is 0 Å². The minimum Gasteiger partial charge on any atom is -0.478 e. The van der Waals surface area contributed by atoms with Gasteiger partial charge in [-0.1, -0.05) is 76.1 Å². The summed E-state index contributed by atoms with van der Waals surface area (Å²) in [6.45, 7) is 3.79. The van der Waals surface area contributed by atoms with Gasteiger partial charge >= 0.3 is 11.9 Å². The molecule has 3 fully saturated rings. The summed E-state index contributed by atoms with van der Waals surface area (Å²) in [6.07, 6.45) is 13.4. The highest BCUT2D eigenvalue weighted by atomic mass is 16.5. The lowest BCUT2D eigenvalue weighted by Gasteiger charge is -2.39. The average Bonchev–Trinajstić information content (AvgIpc) is 3.64. The number of likely N-dealkylation sites (tertiary alicyclic amines) is 1. The number of hydrogen-bond acceptors (Lipinski definition) is 9. The van der Waals surface area contributed by atoms with Gasteiger partial charge < -0.3 is 31.1 Å². The molecule has 0 radical (unpaired) electrons. The molecule has 1 aliphatic heterocycles. The lowest BCUT2D eigenvalue weighted by atomic mass is 9.75. The van der Waals surface area contributed by atoms with Crippen LogP contribution in [-0.2, 0) is 33.5 Å². The number of amides is 4. The van der Waals surface area contributed by atoms with E-state index in [1.54, 1.807) is 6.92 Å². The number of methoxy groups -OCH3 is 1. The van der Waals surface area contributed by atoms with E-state index in [1.807, 2.05) is 6.92 Å². The first-order chi connectivity index (χ1) is 28.2. The van der Waals surface area contributed by atoms with Crippen molar-refractivity contribution in [2.45, 2.75) is 147 Å². The molecule has 2 aliphatic carbocycles. The number of carboxylic acid groups (broad SMARTS) is 1. The van der Waals surface area contributed by atoms with Crippen LogP contribution in [0.5, 0.6) is 0 Å². The SMILES string of the molecule is CCC[C@H](NC(=O)[C@H](CC/C=C/C(=O)OC)CC(=O)c1ccccc1C(=O)O)C(=O)N1CCC[C@@]1(C)C(=O)N[C@H](C(=O)C[C@H](C(N)=O)C1CCCCC1)C1CCCCC1. The van der Waals surface area contributed by atoms with Crippen LogP contribution in [-0.4, -0.2) is 88.4 Å². The number of ketones is 2. The van der Waals surface area contributed by atoms with Crippen molar-refractivity contribution in [3.05, 3.63) is 47.5 Å². The highest BCUT2D eigenvalue weighted by Crippen LogP contribution is 2.36. The van der Waals surface area contributed by atoms with E-state index < -0.39 is 70.8 Å². The zero-order valence-electron chi connectivity index (χ0n) is 35.0. The Balaban J connectivity index is 1.54. The number of hydrogen-bond donors (Lipinski definition) is 4. The van der Waals surface area contributed by atoms with Gasteiger partial charge in [-0.3, -0.25) is 28.8 Å². The average molecular weight is 821 g/mol. The number of carboxylic acids is 1. The number of nitrogens with two attached hydrogens (primary N) is 1. The topological polar surface area (TPSA) is 219 Å². The van der Waals surface area contributed by atoms with Crippen molar-refractivity contribution < 1.29 is 48.2 Å². The van der Waals surface area contributed by atoms with Gasteiger partial charge in [0.05, 0.1) is 18.7 Å². The van der Waals surface area contributed by atoms with Gasteiger partial charge in [0.1, 0.15) is 11.6 Å². The molecule has 5 atom stereocenters. The van der Waals surface area contributed by atoms with Gasteiger partial charge in [0.25, 0.3) is 0 Å². The Hall–Kier alpha value is -4.88. The zero-order chi connectivity index (χ0) is 43.1. The quantitative estimate of drug-likeness (QED) is 0.0698. The van der Waals surface area contributed by atoms with E-state index in [9.17, 15) is 43.5 Å². The predicted octanol–water partition coefficient (Wildman–Crippen LogP) is 5.46. The molecule has 14 nitrogen and oxygen atoms in total. The number of nitrogens with one attached hydrogen (secondary N) is 2. The Kier molecular flexibility index (Phi) is 17.8. The molecule has 1 heterocycles. The summed E-state index contributed by atoms with van der Waals surface area (Å²) in [6, 6.07) is 3.86. The van der Waals surface area contributed by atoms with E-state index in [2.05, 4.69) is 15.4 Å². The second-order valence-electron chi connectivity index (χ2n) is 16.8. The van der Waals surface area contributed by atoms with Crippen LogP contribution in [0.3, 0.4) is 0 Å². The van der Waals surface area contributed by atoms with Crippen molar-refractivity contribution in [3.8, 4) is 0 Å². The number of aromatic carboxylic acids is 1. The van der Waals surface area contributed by atoms with Crippen molar-refractivity contribution in [2.75, 3.05) is 13.7 Å². The molecule has 1 aromatic carbocycles. The summed E-state index contributed by atoms with van der Waals surface area (Å²) < 4.78 is 4.64. The molecule has 59 heavy (non-hydrogen) atoms. The van der Waals surface area contributed by atoms with Crippen LogP contribution in [0.1, 0.15) is 150 Å². The largest absolute Gasteiger partial charge is 0.478 e. The third-order valence-corrected chi connectivity index (χ3v) is 12.7. The van der Waals surface area contributed by atoms with E-state index >= 15 is 0 Å². The van der Waals surface area contributed by atoms with E-state index in [-0.39, 0.29) is 67.4 Å². The first kappa shape index (κ1) is 46.8. The number of carbonyl (C=O) groups excluding carboxylic acids is 7. The maximum atomic E-state index is 14.5. The van der Waals surface area contributed by atoms with Crippen LogP contribution in [0.25, 0.3) is 0 Å². The van der Waals surface area contributed by atoms with Gasteiger partial charge in [-0.2, -0.15) is 0 Å².